The summed E-state index contributed by atoms with van der Waals surface area (Å²) in [5.41, 5.74) is 2.20. The van der Waals surface area contributed by atoms with Crippen LogP contribution in [0.25, 0.3) is 0 Å². The van der Waals surface area contributed by atoms with E-state index in [9.17, 15) is 9.59 Å². The topological polar surface area (TPSA) is 68.3 Å². The maximum absolute atomic E-state index is 12.7. The fourth-order valence-corrected chi connectivity index (χ4v) is 2.68. The Morgan fingerprint density at radius 3 is 2.00 bits per heavy atom. The van der Waals surface area contributed by atoms with Crippen LogP contribution in [-0.2, 0) is 9.53 Å². The zero-order valence-electron chi connectivity index (χ0n) is 14.9. The molecule has 0 bridgehead atoms. The fraction of sp³-hybridized carbons (Fsp3) is 0.136. The minimum absolute atomic E-state index is 0.305. The number of hydrogen-bond acceptors (Lipinski definition) is 4. The summed E-state index contributed by atoms with van der Waals surface area (Å²) in [6.45, 7) is 1.55. The highest BCUT2D eigenvalue weighted by Gasteiger charge is 2.23. The summed E-state index contributed by atoms with van der Waals surface area (Å²) < 4.78 is 5.28. The standard InChI is InChI=1S/C22H20N2O3/c1-16(27-22(26)19-13-8-14-23-15-19)21(25)24-20(17-9-4-2-5-10-17)18-11-6-3-7-12-18/h2-16,20H,1H3,(H,24,25). The molecule has 0 saturated carbocycles. The van der Waals surface area contributed by atoms with Gasteiger partial charge in [0.1, 0.15) is 0 Å². The summed E-state index contributed by atoms with van der Waals surface area (Å²) in [7, 11) is 0. The van der Waals surface area contributed by atoms with E-state index in [1.54, 1.807) is 25.3 Å². The van der Waals surface area contributed by atoms with Crippen molar-refractivity contribution in [2.24, 2.45) is 0 Å². The van der Waals surface area contributed by atoms with Crippen molar-refractivity contribution < 1.29 is 14.3 Å². The predicted octanol–water partition coefficient (Wildman–Crippen LogP) is 3.53. The van der Waals surface area contributed by atoms with E-state index in [2.05, 4.69) is 10.3 Å². The summed E-state index contributed by atoms with van der Waals surface area (Å²) >= 11 is 0. The highest BCUT2D eigenvalue weighted by Crippen LogP contribution is 2.22. The summed E-state index contributed by atoms with van der Waals surface area (Å²) in [4.78, 5) is 28.7. The molecule has 5 heteroatoms. The first-order valence-electron chi connectivity index (χ1n) is 8.66. The van der Waals surface area contributed by atoms with Gasteiger partial charge >= 0.3 is 5.97 Å². The number of esters is 1. The first-order chi connectivity index (χ1) is 13.1. The molecule has 0 aliphatic heterocycles. The molecular formula is C22H20N2O3. The number of aromatic nitrogens is 1. The number of nitrogens with one attached hydrogen (secondary N) is 1. The van der Waals surface area contributed by atoms with Gasteiger partial charge in [-0.05, 0) is 30.2 Å². The molecular weight excluding hydrogens is 340 g/mol. The van der Waals surface area contributed by atoms with Gasteiger partial charge in [-0.15, -0.1) is 0 Å². The van der Waals surface area contributed by atoms with Gasteiger partial charge in [-0.25, -0.2) is 4.79 Å². The molecule has 136 valence electrons. The number of carbonyl (C=O) groups excluding carboxylic acids is 2. The Morgan fingerprint density at radius 2 is 1.48 bits per heavy atom. The minimum Gasteiger partial charge on any atom is -0.449 e. The van der Waals surface area contributed by atoms with E-state index in [0.29, 0.717) is 5.56 Å². The van der Waals surface area contributed by atoms with E-state index in [1.807, 2.05) is 60.7 Å². The normalized spacial score (nSPS) is 11.6. The number of pyridine rings is 1. The molecule has 1 heterocycles. The van der Waals surface area contributed by atoms with Crippen molar-refractivity contribution in [1.29, 1.82) is 0 Å². The van der Waals surface area contributed by atoms with Crippen LogP contribution < -0.4 is 5.32 Å². The van der Waals surface area contributed by atoms with E-state index in [4.69, 9.17) is 4.74 Å². The molecule has 0 saturated heterocycles. The van der Waals surface area contributed by atoms with Crippen LogP contribution in [0, 0.1) is 0 Å². The number of rotatable bonds is 6. The van der Waals surface area contributed by atoms with Crippen molar-refractivity contribution in [2.45, 2.75) is 19.1 Å². The summed E-state index contributed by atoms with van der Waals surface area (Å²) in [5, 5.41) is 2.97. The van der Waals surface area contributed by atoms with Crippen LogP contribution in [0.1, 0.15) is 34.5 Å². The summed E-state index contributed by atoms with van der Waals surface area (Å²) in [6.07, 6.45) is 2.04. The van der Waals surface area contributed by atoms with E-state index in [0.717, 1.165) is 11.1 Å². The monoisotopic (exact) mass is 360 g/mol. The van der Waals surface area contributed by atoms with Gasteiger partial charge in [-0.1, -0.05) is 60.7 Å². The quantitative estimate of drug-likeness (QED) is 0.683. The van der Waals surface area contributed by atoms with E-state index in [-0.39, 0.29) is 11.9 Å². The molecule has 1 aromatic heterocycles. The van der Waals surface area contributed by atoms with E-state index >= 15 is 0 Å². The molecule has 1 unspecified atom stereocenters. The first-order valence-corrected chi connectivity index (χ1v) is 8.66. The molecule has 1 amide bonds. The van der Waals surface area contributed by atoms with Gasteiger partial charge in [-0.3, -0.25) is 9.78 Å². The lowest BCUT2D eigenvalue weighted by atomic mass is 9.98. The highest BCUT2D eigenvalue weighted by molar-refractivity contribution is 5.92. The maximum atomic E-state index is 12.7. The first kappa shape index (κ1) is 18.3. The van der Waals surface area contributed by atoms with Crippen LogP contribution in [0.5, 0.6) is 0 Å². The van der Waals surface area contributed by atoms with Crippen LogP contribution >= 0.6 is 0 Å². The largest absolute Gasteiger partial charge is 0.449 e. The third-order valence-electron chi connectivity index (χ3n) is 4.10. The van der Waals surface area contributed by atoms with Gasteiger partial charge < -0.3 is 10.1 Å². The molecule has 0 aliphatic carbocycles. The van der Waals surface area contributed by atoms with E-state index in [1.165, 1.54) is 6.20 Å². The molecule has 0 spiro atoms. The van der Waals surface area contributed by atoms with Crippen molar-refractivity contribution >= 4 is 11.9 Å². The fourth-order valence-electron chi connectivity index (χ4n) is 2.68. The van der Waals surface area contributed by atoms with E-state index < -0.39 is 12.1 Å². The van der Waals surface area contributed by atoms with Crippen molar-refractivity contribution in [3.8, 4) is 0 Å². The third-order valence-corrected chi connectivity index (χ3v) is 4.10. The Morgan fingerprint density at radius 1 is 0.889 bits per heavy atom. The second-order valence-electron chi connectivity index (χ2n) is 6.05. The third kappa shape index (κ3) is 4.79. The Labute approximate surface area is 158 Å². The van der Waals surface area contributed by atoms with Crippen LogP contribution in [0.15, 0.2) is 85.2 Å². The molecule has 2 aromatic carbocycles. The van der Waals surface area contributed by atoms with Crippen molar-refractivity contribution in [1.82, 2.24) is 10.3 Å². The Kier molecular flexibility index (Phi) is 5.94. The molecule has 0 radical (unpaired) electrons. The zero-order chi connectivity index (χ0) is 19.1. The molecule has 5 nitrogen and oxygen atoms in total. The average molecular weight is 360 g/mol. The van der Waals surface area contributed by atoms with Gasteiger partial charge in [0.2, 0.25) is 0 Å². The smallest absolute Gasteiger partial charge is 0.340 e. The van der Waals surface area contributed by atoms with Crippen molar-refractivity contribution in [2.75, 3.05) is 0 Å². The molecule has 27 heavy (non-hydrogen) atoms. The number of nitrogens with zero attached hydrogens (tertiary/aromatic N) is 1. The number of hydrogen-bond donors (Lipinski definition) is 1. The maximum Gasteiger partial charge on any atom is 0.340 e. The SMILES string of the molecule is CC(OC(=O)c1cccnc1)C(=O)NC(c1ccccc1)c1ccccc1. The van der Waals surface area contributed by atoms with Crippen LogP contribution in [0.3, 0.4) is 0 Å². The molecule has 0 aliphatic rings. The summed E-state index contributed by atoms with van der Waals surface area (Å²) in [5.74, 6) is -0.952. The number of amides is 1. The predicted molar refractivity (Wildman–Crippen MR) is 102 cm³/mol. The zero-order valence-corrected chi connectivity index (χ0v) is 14.9. The van der Waals surface area contributed by atoms with Gasteiger partial charge in [0.25, 0.3) is 5.91 Å². The van der Waals surface area contributed by atoms with Gasteiger partial charge in [0.05, 0.1) is 11.6 Å². The second-order valence-corrected chi connectivity index (χ2v) is 6.05. The second kappa shape index (κ2) is 8.76. The Hall–Kier alpha value is -3.47. The summed E-state index contributed by atoms with van der Waals surface area (Å²) in [6, 6.07) is 22.2. The lowest BCUT2D eigenvalue weighted by Crippen LogP contribution is -2.38. The van der Waals surface area contributed by atoms with Gasteiger partial charge in [0.15, 0.2) is 6.10 Å². The van der Waals surface area contributed by atoms with Gasteiger partial charge in [-0.2, -0.15) is 0 Å². The molecule has 3 rings (SSSR count). The van der Waals surface area contributed by atoms with Crippen LogP contribution in [0.2, 0.25) is 0 Å². The van der Waals surface area contributed by atoms with Gasteiger partial charge in [0, 0.05) is 12.4 Å². The number of carbonyl (C=O) groups is 2. The van der Waals surface area contributed by atoms with Crippen LogP contribution in [-0.4, -0.2) is 23.0 Å². The molecule has 0 fully saturated rings. The highest BCUT2D eigenvalue weighted by atomic mass is 16.5. The lowest BCUT2D eigenvalue weighted by Gasteiger charge is -2.22. The Bertz CT molecular complexity index is 844. The molecule has 1 N–H and O–H groups in total. The molecule has 1 atom stereocenters. The number of ether oxygens (including phenoxy) is 1. The lowest BCUT2D eigenvalue weighted by molar-refractivity contribution is -0.129. The Balaban J connectivity index is 1.73. The number of benzene rings is 2. The van der Waals surface area contributed by atoms with Crippen molar-refractivity contribution in [3.63, 3.8) is 0 Å². The molecule has 3 aromatic rings. The minimum atomic E-state index is -0.937. The van der Waals surface area contributed by atoms with Crippen LogP contribution in [0.4, 0.5) is 0 Å². The van der Waals surface area contributed by atoms with Crippen molar-refractivity contribution in [3.05, 3.63) is 102 Å². The average Bonchev–Trinajstić information content (AvgIpc) is 2.73.